The van der Waals surface area contributed by atoms with E-state index in [0.717, 1.165) is 53.0 Å². The highest BCUT2D eigenvalue weighted by molar-refractivity contribution is 7.96. The summed E-state index contributed by atoms with van der Waals surface area (Å²) in [6.45, 7) is 11.3. The van der Waals surface area contributed by atoms with Gasteiger partial charge in [-0.05, 0) is 41.7 Å². The summed E-state index contributed by atoms with van der Waals surface area (Å²) in [4.78, 5) is 15.5. The van der Waals surface area contributed by atoms with Crippen molar-refractivity contribution in [2.24, 2.45) is 5.41 Å². The van der Waals surface area contributed by atoms with E-state index in [2.05, 4.69) is 26.4 Å². The summed E-state index contributed by atoms with van der Waals surface area (Å²) in [6.07, 6.45) is 1.54. The molecule has 0 atom stereocenters. The van der Waals surface area contributed by atoms with E-state index in [1.807, 2.05) is 33.8 Å². The number of nitrogens with zero attached hydrogens (tertiary/aromatic N) is 4. The van der Waals surface area contributed by atoms with Gasteiger partial charge in [-0.1, -0.05) is 44.9 Å². The van der Waals surface area contributed by atoms with Crippen LogP contribution in [0, 0.1) is 24.0 Å². The molecular weight excluding hydrogens is 496 g/mol. The first kappa shape index (κ1) is 26.9. The van der Waals surface area contributed by atoms with Crippen molar-refractivity contribution in [2.75, 3.05) is 43.4 Å². The van der Waals surface area contributed by atoms with Gasteiger partial charge in [0.05, 0.1) is 18.5 Å². The Balaban J connectivity index is 1.52. The molecule has 1 aliphatic rings. The Morgan fingerprint density at radius 2 is 1.73 bits per heavy atom. The van der Waals surface area contributed by atoms with Crippen LogP contribution in [-0.4, -0.2) is 46.9 Å². The summed E-state index contributed by atoms with van der Waals surface area (Å²) in [5, 5.41) is 4.24. The summed E-state index contributed by atoms with van der Waals surface area (Å²) in [5.41, 5.74) is 8.86. The van der Waals surface area contributed by atoms with Crippen LogP contribution in [0.1, 0.15) is 31.9 Å². The van der Waals surface area contributed by atoms with Crippen LogP contribution in [0.4, 0.5) is 20.2 Å². The number of piperazine rings is 1. The average molecular weight is 530 g/mol. The number of hydrogen-bond donors (Lipinski definition) is 1. The van der Waals surface area contributed by atoms with Crippen molar-refractivity contribution in [1.29, 1.82) is 0 Å². The fourth-order valence-corrected chi connectivity index (χ4v) is 4.91. The molecule has 0 amide bonds. The average Bonchev–Trinajstić information content (AvgIpc) is 2.83. The molecule has 0 spiro atoms. The second-order valence-electron chi connectivity index (χ2n) is 10.4. The molecule has 10 heteroatoms. The maximum absolute atomic E-state index is 13.8. The van der Waals surface area contributed by atoms with Crippen LogP contribution < -0.4 is 20.9 Å². The van der Waals surface area contributed by atoms with Gasteiger partial charge < -0.3 is 15.4 Å². The molecule has 1 aliphatic heterocycles. The van der Waals surface area contributed by atoms with Crippen LogP contribution in [0.2, 0.25) is 0 Å². The molecule has 1 saturated heterocycles. The third-order valence-electron chi connectivity index (χ3n) is 5.98. The van der Waals surface area contributed by atoms with Crippen molar-refractivity contribution in [3.63, 3.8) is 0 Å². The second-order valence-corrected chi connectivity index (χ2v) is 11.5. The summed E-state index contributed by atoms with van der Waals surface area (Å²) < 4.78 is 37.0. The third kappa shape index (κ3) is 6.81. The zero-order valence-electron chi connectivity index (χ0n) is 21.6. The van der Waals surface area contributed by atoms with Gasteiger partial charge in [0, 0.05) is 43.7 Å². The lowest BCUT2D eigenvalue weighted by molar-refractivity contribution is 0.195. The van der Waals surface area contributed by atoms with Crippen molar-refractivity contribution in [3.8, 4) is 11.4 Å². The van der Waals surface area contributed by atoms with E-state index < -0.39 is 17.2 Å². The van der Waals surface area contributed by atoms with Crippen LogP contribution in [0.5, 0.6) is 5.75 Å². The highest BCUT2D eigenvalue weighted by atomic mass is 32.2. The fourth-order valence-electron chi connectivity index (χ4n) is 3.98. The molecule has 4 rings (SSSR count). The Labute approximate surface area is 220 Å². The van der Waals surface area contributed by atoms with E-state index in [4.69, 9.17) is 10.5 Å². The first-order valence-corrected chi connectivity index (χ1v) is 13.1. The number of nitrogens with two attached hydrogens (primary N) is 1. The summed E-state index contributed by atoms with van der Waals surface area (Å²) >= 11 is 1.77. The molecule has 2 aromatic carbocycles. The first-order valence-electron chi connectivity index (χ1n) is 12.2. The molecule has 3 aromatic rings. The Morgan fingerprint density at radius 1 is 1.05 bits per heavy atom. The minimum absolute atomic E-state index is 0.00813. The highest BCUT2D eigenvalue weighted by Crippen LogP contribution is 2.29. The van der Waals surface area contributed by atoms with E-state index >= 15 is 0 Å². The predicted molar refractivity (Wildman–Crippen MR) is 145 cm³/mol. The number of halogens is 2. The number of rotatable bonds is 7. The molecule has 7 nitrogen and oxygen atoms in total. The van der Waals surface area contributed by atoms with Gasteiger partial charge in [-0.25, -0.2) is 13.1 Å². The third-order valence-corrected chi connectivity index (χ3v) is 7.18. The van der Waals surface area contributed by atoms with Crippen molar-refractivity contribution >= 4 is 23.3 Å². The van der Waals surface area contributed by atoms with Gasteiger partial charge in [0.15, 0.2) is 0 Å². The Kier molecular flexibility index (Phi) is 8.08. The number of aryl methyl sites for hydroxylation is 1. The molecule has 0 bridgehead atoms. The van der Waals surface area contributed by atoms with Crippen LogP contribution in [0.15, 0.2) is 47.4 Å². The highest BCUT2D eigenvalue weighted by Gasteiger charge is 2.25. The first-order chi connectivity index (χ1) is 17.5. The molecule has 198 valence electrons. The molecule has 2 heterocycles. The molecule has 1 aromatic heterocycles. The molecule has 0 radical (unpaired) electrons. The lowest BCUT2D eigenvalue weighted by atomic mass is 9.99. The topological polar surface area (TPSA) is 76.6 Å². The number of aromatic nitrogens is 2. The molecule has 0 unspecified atom stereocenters. The van der Waals surface area contributed by atoms with Gasteiger partial charge in [0.1, 0.15) is 17.3 Å². The predicted octanol–water partition coefficient (Wildman–Crippen LogP) is 4.80. The van der Waals surface area contributed by atoms with E-state index in [-0.39, 0.29) is 16.9 Å². The fraction of sp³-hybridized carbons (Fsp3) is 0.407. The van der Waals surface area contributed by atoms with E-state index in [0.29, 0.717) is 25.4 Å². The summed E-state index contributed by atoms with van der Waals surface area (Å²) in [7, 11) is 0. The lowest BCUT2D eigenvalue weighted by Crippen LogP contribution is -2.44. The van der Waals surface area contributed by atoms with Crippen LogP contribution in [0.25, 0.3) is 5.69 Å². The minimum atomic E-state index is -0.785. The Hall–Kier alpha value is -3.11. The van der Waals surface area contributed by atoms with Gasteiger partial charge in [0.2, 0.25) is 5.75 Å². The number of hydrogen-bond acceptors (Lipinski definition) is 7. The maximum Gasteiger partial charge on any atom is 0.316 e. The molecular formula is C27H33F2N5O2S. The zero-order chi connectivity index (χ0) is 26.7. The van der Waals surface area contributed by atoms with Crippen molar-refractivity contribution in [3.05, 3.63) is 75.7 Å². The van der Waals surface area contributed by atoms with Gasteiger partial charge in [0.25, 0.3) is 0 Å². The quantitative estimate of drug-likeness (QED) is 0.348. The Morgan fingerprint density at radius 3 is 2.35 bits per heavy atom. The van der Waals surface area contributed by atoms with Crippen LogP contribution in [0.3, 0.4) is 0 Å². The normalized spacial score (nSPS) is 14.7. The number of benzene rings is 2. The van der Waals surface area contributed by atoms with Crippen LogP contribution >= 0.6 is 11.9 Å². The molecule has 2 N–H and O–H groups in total. The monoisotopic (exact) mass is 529 g/mol. The largest absolute Gasteiger partial charge is 0.486 e. The molecule has 0 saturated carbocycles. The minimum Gasteiger partial charge on any atom is -0.486 e. The molecule has 1 fully saturated rings. The number of ether oxygens (including phenoxy) is 1. The Bertz CT molecular complexity index is 1300. The van der Waals surface area contributed by atoms with Crippen LogP contribution in [-0.2, 0) is 5.75 Å². The van der Waals surface area contributed by atoms with E-state index in [1.165, 1.54) is 5.56 Å². The number of anilines is 2. The SMILES string of the molecule is Cc1cc(CSN2CCN(c3cnn(-c4cc(F)cc(F)c4)c(=O)c3OCC(C)(C)C)CC2)ccc1N. The smallest absolute Gasteiger partial charge is 0.316 e. The van der Waals surface area contributed by atoms with Gasteiger partial charge in [-0.15, -0.1) is 0 Å². The van der Waals surface area contributed by atoms with Crippen molar-refractivity contribution in [1.82, 2.24) is 14.1 Å². The lowest BCUT2D eigenvalue weighted by Gasteiger charge is -2.36. The maximum atomic E-state index is 13.8. The number of nitrogen functional groups attached to an aromatic ring is 1. The molecule has 0 aliphatic carbocycles. The summed E-state index contributed by atoms with van der Waals surface area (Å²) in [6, 6.07) is 9.01. The van der Waals surface area contributed by atoms with Gasteiger partial charge in [-0.3, -0.25) is 4.79 Å². The van der Waals surface area contributed by atoms with Crippen molar-refractivity contribution < 1.29 is 13.5 Å². The van der Waals surface area contributed by atoms with Gasteiger partial charge in [-0.2, -0.15) is 9.78 Å². The molecule has 37 heavy (non-hydrogen) atoms. The van der Waals surface area contributed by atoms with E-state index in [9.17, 15) is 13.6 Å². The standard InChI is InChI=1S/C27H33F2N5O2S/c1-18-11-19(5-6-23(18)30)16-37-33-9-7-32(8-10-33)24-15-31-34(22-13-20(28)12-21(29)14-22)26(35)25(24)36-17-27(2,3)4/h5-6,11-15H,7-10,16-17,30H2,1-4H3. The summed E-state index contributed by atoms with van der Waals surface area (Å²) in [5.74, 6) is -0.587. The van der Waals surface area contributed by atoms with Gasteiger partial charge >= 0.3 is 5.56 Å². The second kappa shape index (κ2) is 11.1. The van der Waals surface area contributed by atoms with Crippen molar-refractivity contribution in [2.45, 2.75) is 33.4 Å². The zero-order valence-corrected chi connectivity index (χ0v) is 22.4. The van der Waals surface area contributed by atoms with E-state index in [1.54, 1.807) is 18.1 Å².